The van der Waals surface area contributed by atoms with Gasteiger partial charge in [-0.15, -0.1) is 0 Å². The van der Waals surface area contributed by atoms with E-state index in [4.69, 9.17) is 4.18 Å². The average molecular weight is 585 g/mol. The minimum Gasteiger partial charge on any atom is -0.465 e. The summed E-state index contributed by atoms with van der Waals surface area (Å²) in [5, 5.41) is 2.10. The van der Waals surface area contributed by atoms with Gasteiger partial charge in [0.05, 0.1) is 22.8 Å². The molecule has 37 heavy (non-hydrogen) atoms. The van der Waals surface area contributed by atoms with Crippen molar-refractivity contribution in [1.29, 1.82) is 0 Å². The zero-order valence-corrected chi connectivity index (χ0v) is 21.4. The molecule has 3 aromatic rings. The van der Waals surface area contributed by atoms with Gasteiger partial charge in [0, 0.05) is 0 Å². The predicted molar refractivity (Wildman–Crippen MR) is 135 cm³/mol. The fourth-order valence-corrected chi connectivity index (χ4v) is 4.90. The van der Waals surface area contributed by atoms with Gasteiger partial charge in [0.2, 0.25) is 0 Å². The first-order valence-corrected chi connectivity index (χ1v) is 12.7. The van der Waals surface area contributed by atoms with Gasteiger partial charge < -0.3 is 8.92 Å². The molecule has 1 saturated heterocycles. The lowest BCUT2D eigenvalue weighted by Crippen LogP contribution is -2.54. The number of nitrogens with one attached hydrogen (secondary N) is 1. The Kier molecular flexibility index (Phi) is 7.23. The Hall–Kier alpha value is -4.29. The number of halogens is 1. The van der Waals surface area contributed by atoms with Crippen LogP contribution < -0.4 is 14.4 Å². The number of barbiturate groups is 1. The lowest BCUT2D eigenvalue weighted by molar-refractivity contribution is -0.122. The van der Waals surface area contributed by atoms with Crippen LogP contribution in [0.2, 0.25) is 0 Å². The van der Waals surface area contributed by atoms with Crippen LogP contribution in [-0.2, 0) is 24.4 Å². The molecule has 10 nitrogen and oxygen atoms in total. The van der Waals surface area contributed by atoms with Gasteiger partial charge >= 0.3 is 22.1 Å². The number of benzene rings is 3. The van der Waals surface area contributed by atoms with E-state index in [2.05, 4.69) is 26.0 Å². The molecule has 188 valence electrons. The number of imide groups is 2. The maximum Gasteiger partial charge on any atom is 0.339 e. The second kappa shape index (κ2) is 10.4. The number of methoxy groups -OCH3 is 1. The second-order valence-electron chi connectivity index (χ2n) is 7.54. The van der Waals surface area contributed by atoms with E-state index >= 15 is 0 Å². The number of esters is 1. The predicted octanol–water partition coefficient (Wildman–Crippen LogP) is 3.67. The van der Waals surface area contributed by atoms with Crippen LogP contribution in [0.4, 0.5) is 10.5 Å². The molecule has 1 N–H and O–H groups in total. The summed E-state index contributed by atoms with van der Waals surface area (Å²) in [6, 6.07) is 16.4. The molecule has 0 saturated carbocycles. The molecule has 0 unspecified atom stereocenters. The highest BCUT2D eigenvalue weighted by molar-refractivity contribution is 9.10. The summed E-state index contributed by atoms with van der Waals surface area (Å²) in [5.74, 6) is -2.39. The van der Waals surface area contributed by atoms with Crippen LogP contribution in [0.5, 0.6) is 5.75 Å². The lowest BCUT2D eigenvalue weighted by Gasteiger charge is -2.26. The Morgan fingerprint density at radius 2 is 1.65 bits per heavy atom. The second-order valence-corrected chi connectivity index (χ2v) is 9.94. The summed E-state index contributed by atoms with van der Waals surface area (Å²) in [6.07, 6.45) is 1.25. The van der Waals surface area contributed by atoms with E-state index in [9.17, 15) is 27.6 Å². The van der Waals surface area contributed by atoms with Crippen LogP contribution in [0.3, 0.4) is 0 Å². The number of carbonyl (C=O) groups is 4. The molecule has 1 heterocycles. The van der Waals surface area contributed by atoms with Gasteiger partial charge in [0.25, 0.3) is 11.8 Å². The molecule has 0 radical (unpaired) electrons. The highest BCUT2D eigenvalue weighted by Crippen LogP contribution is 2.30. The quantitative estimate of drug-likeness (QED) is 0.200. The van der Waals surface area contributed by atoms with E-state index in [0.29, 0.717) is 5.56 Å². The number of carbonyl (C=O) groups excluding carboxylic acids is 4. The van der Waals surface area contributed by atoms with Gasteiger partial charge in [0.1, 0.15) is 10.5 Å². The van der Waals surface area contributed by atoms with Gasteiger partial charge in [-0.25, -0.2) is 14.5 Å². The average Bonchev–Trinajstić information content (AvgIpc) is 2.88. The standard InChI is InChI=1S/C25H17BrN2O8S/c1-35-24(31)16-8-10-17(11-9-16)28-23(30)19(22(29)27-25(28)32)13-15-7-12-21(20(26)14-15)36-37(33,34)18-5-3-2-4-6-18/h2-14H,1H3,(H,27,29,32)/b19-13+. The van der Waals surface area contributed by atoms with E-state index in [-0.39, 0.29) is 31.9 Å². The molecule has 1 fully saturated rings. The van der Waals surface area contributed by atoms with Crippen molar-refractivity contribution >= 4 is 61.6 Å². The zero-order chi connectivity index (χ0) is 26.7. The lowest BCUT2D eigenvalue weighted by atomic mass is 10.1. The molecule has 1 aliphatic heterocycles. The number of urea groups is 1. The van der Waals surface area contributed by atoms with Gasteiger partial charge in [0.15, 0.2) is 5.75 Å². The number of anilines is 1. The van der Waals surface area contributed by atoms with Crippen molar-refractivity contribution in [3.8, 4) is 5.75 Å². The van der Waals surface area contributed by atoms with Crippen LogP contribution in [0, 0.1) is 0 Å². The largest absolute Gasteiger partial charge is 0.465 e. The number of hydrogen-bond donors (Lipinski definition) is 1. The molecule has 4 amide bonds. The van der Waals surface area contributed by atoms with Crippen LogP contribution in [0.15, 0.2) is 87.7 Å². The van der Waals surface area contributed by atoms with Gasteiger partial charge in [-0.1, -0.05) is 24.3 Å². The molecule has 0 aromatic heterocycles. The molecule has 0 atom stereocenters. The zero-order valence-electron chi connectivity index (χ0n) is 19.0. The van der Waals surface area contributed by atoms with Crippen LogP contribution in [0.25, 0.3) is 6.08 Å². The van der Waals surface area contributed by atoms with Crippen molar-refractivity contribution in [2.75, 3.05) is 12.0 Å². The van der Waals surface area contributed by atoms with Gasteiger partial charge in [-0.3, -0.25) is 14.9 Å². The Bertz CT molecular complexity index is 1550. The smallest absolute Gasteiger partial charge is 0.339 e. The Labute approximate surface area is 219 Å². The minimum atomic E-state index is -4.08. The van der Waals surface area contributed by atoms with Crippen molar-refractivity contribution in [2.24, 2.45) is 0 Å². The summed E-state index contributed by atoms with van der Waals surface area (Å²) in [6.45, 7) is 0. The highest BCUT2D eigenvalue weighted by atomic mass is 79.9. The summed E-state index contributed by atoms with van der Waals surface area (Å²) in [4.78, 5) is 50.3. The first kappa shape index (κ1) is 25.8. The first-order valence-electron chi connectivity index (χ1n) is 10.5. The normalized spacial score (nSPS) is 14.9. The topological polar surface area (TPSA) is 136 Å². The van der Waals surface area contributed by atoms with Gasteiger partial charge in [-0.2, -0.15) is 8.42 Å². The van der Waals surface area contributed by atoms with Crippen molar-refractivity contribution < 1.29 is 36.5 Å². The minimum absolute atomic E-state index is 0.00655. The summed E-state index contributed by atoms with van der Waals surface area (Å²) in [7, 11) is -2.86. The van der Waals surface area contributed by atoms with Crippen molar-refractivity contribution in [2.45, 2.75) is 4.90 Å². The molecular weight excluding hydrogens is 568 g/mol. The van der Waals surface area contributed by atoms with Crippen LogP contribution >= 0.6 is 15.9 Å². The van der Waals surface area contributed by atoms with Crippen molar-refractivity contribution in [3.63, 3.8) is 0 Å². The monoisotopic (exact) mass is 584 g/mol. The fraction of sp³-hybridized carbons (Fsp3) is 0.0400. The number of rotatable bonds is 6. The van der Waals surface area contributed by atoms with Gasteiger partial charge in [-0.05, 0) is 76.1 Å². The molecule has 1 aliphatic rings. The maximum absolute atomic E-state index is 13.1. The molecule has 4 rings (SSSR count). The molecule has 0 bridgehead atoms. The van der Waals surface area contributed by atoms with Crippen molar-refractivity contribution in [1.82, 2.24) is 5.32 Å². The number of hydrogen-bond acceptors (Lipinski definition) is 8. The van der Waals surface area contributed by atoms with Crippen LogP contribution in [-0.4, -0.2) is 39.3 Å². The van der Waals surface area contributed by atoms with E-state index in [0.717, 1.165) is 4.90 Å². The third-order valence-corrected chi connectivity index (χ3v) is 7.01. The van der Waals surface area contributed by atoms with E-state index in [1.54, 1.807) is 18.2 Å². The molecule has 12 heteroatoms. The maximum atomic E-state index is 13.1. The van der Waals surface area contributed by atoms with E-state index < -0.39 is 33.9 Å². The molecule has 3 aromatic carbocycles. The van der Waals surface area contributed by atoms with Crippen LogP contribution in [0.1, 0.15) is 15.9 Å². The Morgan fingerprint density at radius 1 is 0.973 bits per heavy atom. The summed E-state index contributed by atoms with van der Waals surface area (Å²) in [5.41, 5.74) is 0.355. The third-order valence-electron chi connectivity index (χ3n) is 5.15. The number of nitrogens with zero attached hydrogens (tertiary/aromatic N) is 1. The molecular formula is C25H17BrN2O8S. The van der Waals surface area contributed by atoms with E-state index in [1.165, 1.54) is 67.8 Å². The number of ether oxygens (including phenoxy) is 1. The summed E-state index contributed by atoms with van der Waals surface area (Å²) >= 11 is 3.24. The summed E-state index contributed by atoms with van der Waals surface area (Å²) < 4.78 is 35.1. The third kappa shape index (κ3) is 5.44. The van der Waals surface area contributed by atoms with E-state index in [1.807, 2.05) is 0 Å². The molecule has 0 spiro atoms. The van der Waals surface area contributed by atoms with Crippen molar-refractivity contribution in [3.05, 3.63) is 94.0 Å². The number of amides is 4. The Balaban J connectivity index is 1.60. The fourth-order valence-electron chi connectivity index (χ4n) is 3.35. The highest BCUT2D eigenvalue weighted by Gasteiger charge is 2.37. The SMILES string of the molecule is COC(=O)c1ccc(N2C(=O)NC(=O)/C(=C\c3ccc(OS(=O)(=O)c4ccccc4)c(Br)c3)C2=O)cc1. The Morgan fingerprint density at radius 3 is 2.27 bits per heavy atom. The molecule has 0 aliphatic carbocycles. The first-order chi connectivity index (χ1) is 17.6.